The second-order valence-electron chi connectivity index (χ2n) is 4.57. The third-order valence-electron chi connectivity index (χ3n) is 2.96. The highest BCUT2D eigenvalue weighted by molar-refractivity contribution is 7.99. The highest BCUT2D eigenvalue weighted by atomic mass is 32.2. The predicted molar refractivity (Wildman–Crippen MR) is 80.5 cm³/mol. The molecule has 2 N–H and O–H groups in total. The summed E-state index contributed by atoms with van der Waals surface area (Å²) in [6.45, 7) is 6.20. The molecular formula is C15H19N3S. The van der Waals surface area contributed by atoms with Gasteiger partial charge in [-0.1, -0.05) is 36.9 Å². The number of hydrogen-bond donors (Lipinski definition) is 1. The van der Waals surface area contributed by atoms with E-state index >= 15 is 0 Å². The molecule has 0 aliphatic heterocycles. The van der Waals surface area contributed by atoms with Gasteiger partial charge in [-0.05, 0) is 31.9 Å². The van der Waals surface area contributed by atoms with E-state index < -0.39 is 0 Å². The van der Waals surface area contributed by atoms with Crippen LogP contribution in [0.1, 0.15) is 30.3 Å². The molecule has 0 aliphatic rings. The largest absolute Gasteiger partial charge is 0.383 e. The standard InChI is InChI=1S/C15H19N3S/c1-4-7-13-17-14(16)11(3)15(18-13)19-12-9-6-5-8-10(12)2/h5-6,8-9H,4,7H2,1-3H3,(H2,16,17,18). The first-order valence-corrected chi connectivity index (χ1v) is 7.30. The lowest BCUT2D eigenvalue weighted by Gasteiger charge is -2.10. The van der Waals surface area contributed by atoms with E-state index in [0.29, 0.717) is 5.82 Å². The fraction of sp³-hybridized carbons (Fsp3) is 0.333. The van der Waals surface area contributed by atoms with Crippen molar-refractivity contribution < 1.29 is 0 Å². The van der Waals surface area contributed by atoms with Crippen LogP contribution in [-0.2, 0) is 6.42 Å². The van der Waals surface area contributed by atoms with E-state index in [4.69, 9.17) is 5.73 Å². The topological polar surface area (TPSA) is 51.8 Å². The number of hydrogen-bond acceptors (Lipinski definition) is 4. The first-order chi connectivity index (χ1) is 9.11. The van der Waals surface area contributed by atoms with Gasteiger partial charge < -0.3 is 5.73 Å². The number of aromatic nitrogens is 2. The smallest absolute Gasteiger partial charge is 0.132 e. The highest BCUT2D eigenvalue weighted by Crippen LogP contribution is 2.32. The summed E-state index contributed by atoms with van der Waals surface area (Å²) < 4.78 is 0. The Bertz CT molecular complexity index is 582. The monoisotopic (exact) mass is 273 g/mol. The molecule has 3 nitrogen and oxygen atoms in total. The molecule has 0 saturated heterocycles. The lowest BCUT2D eigenvalue weighted by Crippen LogP contribution is -2.04. The van der Waals surface area contributed by atoms with Crippen molar-refractivity contribution in [1.29, 1.82) is 0 Å². The normalized spacial score (nSPS) is 10.7. The van der Waals surface area contributed by atoms with Gasteiger partial charge in [-0.2, -0.15) is 0 Å². The van der Waals surface area contributed by atoms with Crippen molar-refractivity contribution in [3.05, 3.63) is 41.2 Å². The van der Waals surface area contributed by atoms with E-state index in [1.807, 2.05) is 19.1 Å². The van der Waals surface area contributed by atoms with E-state index in [-0.39, 0.29) is 0 Å². The molecule has 0 bridgehead atoms. The van der Waals surface area contributed by atoms with Crippen LogP contribution in [0.15, 0.2) is 34.2 Å². The minimum absolute atomic E-state index is 0.592. The zero-order valence-electron chi connectivity index (χ0n) is 11.6. The Hall–Kier alpha value is -1.55. The van der Waals surface area contributed by atoms with Crippen molar-refractivity contribution in [1.82, 2.24) is 9.97 Å². The number of nitrogen functional groups attached to an aromatic ring is 1. The lowest BCUT2D eigenvalue weighted by molar-refractivity contribution is 0.805. The van der Waals surface area contributed by atoms with Gasteiger partial charge in [0.05, 0.1) is 0 Å². The average Bonchev–Trinajstić information content (AvgIpc) is 2.38. The third kappa shape index (κ3) is 3.26. The molecule has 2 rings (SSSR count). The Morgan fingerprint density at radius 1 is 1.16 bits per heavy atom. The molecule has 0 unspecified atom stereocenters. The van der Waals surface area contributed by atoms with Gasteiger partial charge in [0.25, 0.3) is 0 Å². The maximum atomic E-state index is 5.98. The molecular weight excluding hydrogens is 254 g/mol. The van der Waals surface area contributed by atoms with E-state index in [1.165, 1.54) is 10.5 Å². The molecule has 19 heavy (non-hydrogen) atoms. The Morgan fingerprint density at radius 2 is 1.89 bits per heavy atom. The molecule has 1 aromatic heterocycles. The molecule has 0 fully saturated rings. The molecule has 0 atom stereocenters. The predicted octanol–water partition coefficient (Wildman–Crippen LogP) is 3.78. The molecule has 4 heteroatoms. The van der Waals surface area contributed by atoms with E-state index in [9.17, 15) is 0 Å². The molecule has 1 aromatic carbocycles. The molecule has 0 radical (unpaired) electrons. The summed E-state index contributed by atoms with van der Waals surface area (Å²) in [6.07, 6.45) is 1.89. The van der Waals surface area contributed by atoms with Gasteiger partial charge in [-0.25, -0.2) is 9.97 Å². The van der Waals surface area contributed by atoms with Gasteiger partial charge in [0.15, 0.2) is 0 Å². The molecule has 0 saturated carbocycles. The van der Waals surface area contributed by atoms with Crippen LogP contribution in [-0.4, -0.2) is 9.97 Å². The maximum absolute atomic E-state index is 5.98. The number of nitrogens with two attached hydrogens (primary N) is 1. The summed E-state index contributed by atoms with van der Waals surface area (Å²) in [7, 11) is 0. The Balaban J connectivity index is 2.36. The summed E-state index contributed by atoms with van der Waals surface area (Å²) in [5.41, 5.74) is 8.20. The number of aryl methyl sites for hydroxylation is 2. The zero-order valence-corrected chi connectivity index (χ0v) is 12.4. The molecule has 0 aliphatic carbocycles. The maximum Gasteiger partial charge on any atom is 0.132 e. The molecule has 1 heterocycles. The highest BCUT2D eigenvalue weighted by Gasteiger charge is 2.10. The fourth-order valence-electron chi connectivity index (χ4n) is 1.77. The summed E-state index contributed by atoms with van der Waals surface area (Å²) >= 11 is 1.66. The summed E-state index contributed by atoms with van der Waals surface area (Å²) in [6, 6.07) is 8.30. The van der Waals surface area contributed by atoms with Crippen molar-refractivity contribution in [2.75, 3.05) is 5.73 Å². The molecule has 0 amide bonds. The second-order valence-corrected chi connectivity index (χ2v) is 5.60. The average molecular weight is 273 g/mol. The number of rotatable bonds is 4. The molecule has 100 valence electrons. The minimum atomic E-state index is 0.592. The van der Waals surface area contributed by atoms with Gasteiger partial charge in [0, 0.05) is 16.9 Å². The van der Waals surface area contributed by atoms with E-state index in [1.54, 1.807) is 11.8 Å². The van der Waals surface area contributed by atoms with Crippen molar-refractivity contribution >= 4 is 17.6 Å². The minimum Gasteiger partial charge on any atom is -0.383 e. The van der Waals surface area contributed by atoms with Crippen LogP contribution in [0.2, 0.25) is 0 Å². The Morgan fingerprint density at radius 3 is 2.58 bits per heavy atom. The van der Waals surface area contributed by atoms with Gasteiger partial charge in [0.2, 0.25) is 0 Å². The van der Waals surface area contributed by atoms with E-state index in [2.05, 4.69) is 35.9 Å². The first kappa shape index (κ1) is 13.9. The van der Waals surface area contributed by atoms with Crippen LogP contribution in [0.3, 0.4) is 0 Å². The summed E-state index contributed by atoms with van der Waals surface area (Å²) in [5, 5.41) is 0.963. The van der Waals surface area contributed by atoms with Crippen molar-refractivity contribution in [2.45, 2.75) is 43.5 Å². The van der Waals surface area contributed by atoms with Crippen LogP contribution < -0.4 is 5.73 Å². The second kappa shape index (κ2) is 6.06. The van der Waals surface area contributed by atoms with E-state index in [0.717, 1.165) is 29.3 Å². The summed E-state index contributed by atoms with van der Waals surface area (Å²) in [4.78, 5) is 10.2. The number of benzene rings is 1. The molecule has 2 aromatic rings. The molecule has 0 spiro atoms. The number of anilines is 1. The van der Waals surface area contributed by atoms with Crippen LogP contribution in [0, 0.1) is 13.8 Å². The Labute approximate surface area is 118 Å². The van der Waals surface area contributed by atoms with Crippen LogP contribution in [0.4, 0.5) is 5.82 Å². The van der Waals surface area contributed by atoms with Crippen LogP contribution >= 0.6 is 11.8 Å². The number of nitrogens with zero attached hydrogens (tertiary/aromatic N) is 2. The van der Waals surface area contributed by atoms with Crippen LogP contribution in [0.5, 0.6) is 0 Å². The van der Waals surface area contributed by atoms with Gasteiger partial charge in [-0.3, -0.25) is 0 Å². The lowest BCUT2D eigenvalue weighted by atomic mass is 10.2. The quantitative estimate of drug-likeness (QED) is 0.861. The SMILES string of the molecule is CCCc1nc(N)c(C)c(Sc2ccccc2C)n1. The third-order valence-corrected chi connectivity index (χ3v) is 4.23. The van der Waals surface area contributed by atoms with Gasteiger partial charge in [-0.15, -0.1) is 0 Å². The van der Waals surface area contributed by atoms with Crippen molar-refractivity contribution in [3.63, 3.8) is 0 Å². The summed E-state index contributed by atoms with van der Waals surface area (Å²) in [5.74, 6) is 1.43. The van der Waals surface area contributed by atoms with Crippen LogP contribution in [0.25, 0.3) is 0 Å². The van der Waals surface area contributed by atoms with Gasteiger partial charge >= 0.3 is 0 Å². The van der Waals surface area contributed by atoms with Gasteiger partial charge in [0.1, 0.15) is 16.7 Å². The fourth-order valence-corrected chi connectivity index (χ4v) is 2.76. The zero-order chi connectivity index (χ0) is 13.8. The Kier molecular flexibility index (Phi) is 4.43. The van der Waals surface area contributed by atoms with Crippen molar-refractivity contribution in [2.24, 2.45) is 0 Å². The van der Waals surface area contributed by atoms with Crippen molar-refractivity contribution in [3.8, 4) is 0 Å². The first-order valence-electron chi connectivity index (χ1n) is 6.48.